The Bertz CT molecular complexity index is 737. The average Bonchev–Trinajstić information content (AvgIpc) is 3.21. The van der Waals surface area contributed by atoms with Crippen molar-refractivity contribution in [3.8, 4) is 0 Å². The second kappa shape index (κ2) is 6.35. The van der Waals surface area contributed by atoms with Crippen molar-refractivity contribution >= 4 is 23.2 Å². The highest BCUT2D eigenvalue weighted by Gasteiger charge is 2.34. The molecular weight excluding hydrogens is 326 g/mol. The number of amides is 2. The fourth-order valence-electron chi connectivity index (χ4n) is 3.25. The summed E-state index contributed by atoms with van der Waals surface area (Å²) in [7, 11) is 0. The first kappa shape index (κ1) is 15.3. The molecule has 2 amide bonds. The maximum Gasteiger partial charge on any atom is 0.270 e. The molecule has 1 atom stereocenters. The molecule has 1 N–H and O–H groups in total. The van der Waals surface area contributed by atoms with E-state index in [0.29, 0.717) is 25.3 Å². The van der Waals surface area contributed by atoms with Crippen LogP contribution in [0.5, 0.6) is 0 Å². The standard InChI is InChI=1S/C16H19N5O2S/c22-15(14-9-24-10-18-14)17-6-13-8-20(16(23)11-2-1-3-11)7-12-4-5-19-21(12)13/h4-5,9-11,13H,1-3,6-8H2,(H,17,22)/t13-/m0/s1. The maximum absolute atomic E-state index is 12.6. The number of rotatable bonds is 4. The van der Waals surface area contributed by atoms with Gasteiger partial charge in [-0.1, -0.05) is 6.42 Å². The van der Waals surface area contributed by atoms with E-state index in [0.717, 1.165) is 25.0 Å². The Hall–Kier alpha value is -2.22. The molecule has 1 aliphatic heterocycles. The van der Waals surface area contributed by atoms with Crippen LogP contribution in [0.4, 0.5) is 0 Å². The predicted molar refractivity (Wildman–Crippen MR) is 88.5 cm³/mol. The van der Waals surface area contributed by atoms with Crippen molar-refractivity contribution in [2.45, 2.75) is 31.8 Å². The second-order valence-electron chi connectivity index (χ2n) is 6.35. The van der Waals surface area contributed by atoms with E-state index in [2.05, 4.69) is 15.4 Å². The molecule has 2 aromatic heterocycles. The molecule has 0 radical (unpaired) electrons. The lowest BCUT2D eigenvalue weighted by Gasteiger charge is -2.37. The Morgan fingerprint density at radius 1 is 1.38 bits per heavy atom. The molecule has 24 heavy (non-hydrogen) atoms. The summed E-state index contributed by atoms with van der Waals surface area (Å²) in [5.41, 5.74) is 3.08. The normalized spacial score (nSPS) is 20.3. The van der Waals surface area contributed by atoms with Crippen LogP contribution in [-0.4, -0.2) is 44.6 Å². The zero-order valence-corrected chi connectivity index (χ0v) is 14.0. The van der Waals surface area contributed by atoms with Crippen molar-refractivity contribution in [1.82, 2.24) is 25.0 Å². The molecule has 126 valence electrons. The van der Waals surface area contributed by atoms with Crippen molar-refractivity contribution in [2.75, 3.05) is 13.1 Å². The van der Waals surface area contributed by atoms with Gasteiger partial charge in [0.1, 0.15) is 5.69 Å². The third kappa shape index (κ3) is 2.82. The van der Waals surface area contributed by atoms with E-state index in [-0.39, 0.29) is 23.8 Å². The molecule has 3 heterocycles. The Labute approximate surface area is 143 Å². The minimum absolute atomic E-state index is 0.0460. The topological polar surface area (TPSA) is 80.1 Å². The number of carbonyl (C=O) groups excluding carboxylic acids is 2. The lowest BCUT2D eigenvalue weighted by molar-refractivity contribution is -0.140. The van der Waals surface area contributed by atoms with Crippen LogP contribution in [0, 0.1) is 5.92 Å². The van der Waals surface area contributed by atoms with Gasteiger partial charge in [0.2, 0.25) is 5.91 Å². The van der Waals surface area contributed by atoms with Crippen LogP contribution < -0.4 is 5.32 Å². The van der Waals surface area contributed by atoms with E-state index in [9.17, 15) is 9.59 Å². The molecule has 1 saturated carbocycles. The van der Waals surface area contributed by atoms with Gasteiger partial charge in [-0.15, -0.1) is 11.3 Å². The van der Waals surface area contributed by atoms with Crippen molar-refractivity contribution in [2.24, 2.45) is 5.92 Å². The second-order valence-corrected chi connectivity index (χ2v) is 7.07. The molecular formula is C16H19N5O2S. The van der Waals surface area contributed by atoms with Gasteiger partial charge in [-0.2, -0.15) is 5.10 Å². The van der Waals surface area contributed by atoms with Crippen molar-refractivity contribution < 1.29 is 9.59 Å². The average molecular weight is 345 g/mol. The largest absolute Gasteiger partial charge is 0.348 e. The van der Waals surface area contributed by atoms with Gasteiger partial charge in [0, 0.05) is 30.6 Å². The van der Waals surface area contributed by atoms with Crippen LogP contribution in [0.15, 0.2) is 23.2 Å². The van der Waals surface area contributed by atoms with Crippen molar-refractivity contribution in [1.29, 1.82) is 0 Å². The zero-order valence-electron chi connectivity index (χ0n) is 13.2. The third-order valence-corrected chi connectivity index (χ3v) is 5.40. The van der Waals surface area contributed by atoms with Crippen molar-refractivity contribution in [3.05, 3.63) is 34.5 Å². The van der Waals surface area contributed by atoms with Gasteiger partial charge in [-0.05, 0) is 18.9 Å². The number of hydrogen-bond acceptors (Lipinski definition) is 5. The van der Waals surface area contributed by atoms with Gasteiger partial charge in [0.05, 0.1) is 23.8 Å². The molecule has 1 aliphatic carbocycles. The number of nitrogens with zero attached hydrogens (tertiary/aromatic N) is 4. The Morgan fingerprint density at radius 2 is 2.25 bits per heavy atom. The molecule has 0 unspecified atom stereocenters. The Morgan fingerprint density at radius 3 is 2.96 bits per heavy atom. The number of carbonyl (C=O) groups is 2. The van der Waals surface area contributed by atoms with Gasteiger partial charge in [0.15, 0.2) is 0 Å². The first-order chi connectivity index (χ1) is 11.7. The summed E-state index contributed by atoms with van der Waals surface area (Å²) in [6, 6.07) is 1.89. The van der Waals surface area contributed by atoms with Gasteiger partial charge >= 0.3 is 0 Å². The van der Waals surface area contributed by atoms with Crippen molar-refractivity contribution in [3.63, 3.8) is 0 Å². The van der Waals surface area contributed by atoms with E-state index < -0.39 is 0 Å². The molecule has 7 nitrogen and oxygen atoms in total. The Kier molecular flexibility index (Phi) is 4.05. The van der Waals surface area contributed by atoms with Crippen LogP contribution in [0.2, 0.25) is 0 Å². The number of fused-ring (bicyclic) bond motifs is 1. The zero-order chi connectivity index (χ0) is 16.5. The van der Waals surface area contributed by atoms with Crippen LogP contribution >= 0.6 is 11.3 Å². The van der Waals surface area contributed by atoms with E-state index >= 15 is 0 Å². The predicted octanol–water partition coefficient (Wildman–Crippen LogP) is 1.45. The summed E-state index contributed by atoms with van der Waals surface area (Å²) >= 11 is 1.39. The van der Waals surface area contributed by atoms with E-state index in [1.54, 1.807) is 17.1 Å². The fraction of sp³-hybridized carbons (Fsp3) is 0.500. The van der Waals surface area contributed by atoms with Crippen LogP contribution in [0.3, 0.4) is 0 Å². The SMILES string of the molecule is O=C(NC[C@H]1CN(C(=O)C2CCC2)Cc2ccnn21)c1cscn1. The summed E-state index contributed by atoms with van der Waals surface area (Å²) in [5, 5.41) is 9.00. The highest BCUT2D eigenvalue weighted by atomic mass is 32.1. The smallest absolute Gasteiger partial charge is 0.270 e. The van der Waals surface area contributed by atoms with Crippen LogP contribution in [-0.2, 0) is 11.3 Å². The fourth-order valence-corrected chi connectivity index (χ4v) is 3.78. The molecule has 8 heteroatoms. The van der Waals surface area contributed by atoms with Gasteiger partial charge in [-0.25, -0.2) is 4.98 Å². The summed E-state index contributed by atoms with van der Waals surface area (Å²) in [6.07, 6.45) is 4.90. The molecule has 2 aliphatic rings. The lowest BCUT2D eigenvalue weighted by Crippen LogP contribution is -2.48. The minimum Gasteiger partial charge on any atom is -0.348 e. The highest BCUT2D eigenvalue weighted by Crippen LogP contribution is 2.30. The van der Waals surface area contributed by atoms with Gasteiger partial charge in [-0.3, -0.25) is 14.3 Å². The molecule has 4 rings (SSSR count). The monoisotopic (exact) mass is 345 g/mol. The summed E-state index contributed by atoms with van der Waals surface area (Å²) in [5.74, 6) is 0.238. The number of hydrogen-bond donors (Lipinski definition) is 1. The quantitative estimate of drug-likeness (QED) is 0.910. The Balaban J connectivity index is 1.45. The highest BCUT2D eigenvalue weighted by molar-refractivity contribution is 7.07. The molecule has 0 spiro atoms. The third-order valence-electron chi connectivity index (χ3n) is 4.81. The van der Waals surface area contributed by atoms with Gasteiger partial charge in [0.25, 0.3) is 5.91 Å². The minimum atomic E-state index is -0.188. The summed E-state index contributed by atoms with van der Waals surface area (Å²) < 4.78 is 1.92. The van der Waals surface area contributed by atoms with Crippen LogP contribution in [0.1, 0.15) is 41.5 Å². The number of aromatic nitrogens is 3. The summed E-state index contributed by atoms with van der Waals surface area (Å²) in [6.45, 7) is 1.62. The summed E-state index contributed by atoms with van der Waals surface area (Å²) in [4.78, 5) is 30.6. The van der Waals surface area contributed by atoms with E-state index in [4.69, 9.17) is 0 Å². The molecule has 1 fully saturated rings. The molecule has 2 aromatic rings. The number of thiazole rings is 1. The molecule has 0 aromatic carbocycles. The maximum atomic E-state index is 12.6. The van der Waals surface area contributed by atoms with Gasteiger partial charge < -0.3 is 10.2 Å². The molecule has 0 saturated heterocycles. The lowest BCUT2D eigenvalue weighted by atomic mass is 9.84. The van der Waals surface area contributed by atoms with E-state index in [1.807, 2.05) is 15.6 Å². The number of nitrogens with one attached hydrogen (secondary N) is 1. The first-order valence-corrected chi connectivity index (χ1v) is 9.14. The van der Waals surface area contributed by atoms with Crippen LogP contribution in [0.25, 0.3) is 0 Å². The molecule has 0 bridgehead atoms. The van der Waals surface area contributed by atoms with E-state index in [1.165, 1.54) is 11.3 Å². The first-order valence-electron chi connectivity index (χ1n) is 8.20.